The van der Waals surface area contributed by atoms with Gasteiger partial charge in [-0.25, -0.2) is 4.98 Å². The lowest BCUT2D eigenvalue weighted by atomic mass is 10.1. The molecule has 21 heavy (non-hydrogen) atoms. The number of rotatable bonds is 5. The second kappa shape index (κ2) is 6.77. The molecule has 0 saturated heterocycles. The number of hydrogen-bond acceptors (Lipinski definition) is 3. The fourth-order valence-electron chi connectivity index (χ4n) is 1.80. The minimum absolute atomic E-state index is 0.482. The minimum atomic E-state index is -4.40. The first kappa shape index (κ1) is 16.3. The Labute approximate surface area is 130 Å². The van der Waals surface area contributed by atoms with Gasteiger partial charge in [0, 0.05) is 17.8 Å². The predicted octanol–water partition coefficient (Wildman–Crippen LogP) is 4.98. The van der Waals surface area contributed by atoms with E-state index in [4.69, 9.17) is 11.6 Å². The monoisotopic (exact) mass is 334 g/mol. The summed E-state index contributed by atoms with van der Waals surface area (Å²) in [5.41, 5.74) is 1.56. The third-order valence-electron chi connectivity index (χ3n) is 2.82. The molecule has 1 aromatic heterocycles. The number of aromatic nitrogens is 1. The van der Waals surface area contributed by atoms with Crippen molar-refractivity contribution in [3.05, 3.63) is 40.0 Å². The number of nitrogens with zero attached hydrogens (tertiary/aromatic N) is 1. The number of nitrogens with one attached hydrogen (secondary N) is 1. The molecule has 7 heteroatoms. The van der Waals surface area contributed by atoms with Crippen molar-refractivity contribution in [1.29, 1.82) is 0 Å². The van der Waals surface area contributed by atoms with Crippen molar-refractivity contribution < 1.29 is 13.2 Å². The Morgan fingerprint density at radius 1 is 1.33 bits per heavy atom. The first-order valence-electron chi connectivity index (χ1n) is 6.44. The molecule has 0 amide bonds. The standard InChI is InChI=1S/C14H14ClF3N2S/c1-2-5-19-7-10-6-9(3-4-11(10)15)12-8-20-13(21-12)14(16,17)18/h3-4,6,8,19H,2,5,7H2,1H3. The van der Waals surface area contributed by atoms with E-state index in [1.165, 1.54) is 6.20 Å². The van der Waals surface area contributed by atoms with E-state index in [0.29, 0.717) is 33.3 Å². The van der Waals surface area contributed by atoms with Crippen LogP contribution in [-0.2, 0) is 12.7 Å². The molecule has 0 aliphatic rings. The molecule has 1 heterocycles. The molecule has 0 radical (unpaired) electrons. The molecular formula is C14H14ClF3N2S. The number of thiazole rings is 1. The zero-order chi connectivity index (χ0) is 15.5. The summed E-state index contributed by atoms with van der Waals surface area (Å²) in [6.45, 7) is 3.51. The van der Waals surface area contributed by atoms with Gasteiger partial charge in [0.1, 0.15) is 0 Å². The molecule has 1 N–H and O–H groups in total. The zero-order valence-electron chi connectivity index (χ0n) is 11.3. The second-order valence-electron chi connectivity index (χ2n) is 4.51. The lowest BCUT2D eigenvalue weighted by Gasteiger charge is -2.07. The largest absolute Gasteiger partial charge is 0.443 e. The first-order chi connectivity index (χ1) is 9.91. The van der Waals surface area contributed by atoms with Crippen LogP contribution < -0.4 is 5.32 Å². The summed E-state index contributed by atoms with van der Waals surface area (Å²) in [5, 5.41) is 2.99. The van der Waals surface area contributed by atoms with Crippen LogP contribution in [0.4, 0.5) is 13.2 Å². The molecule has 0 saturated carbocycles. The summed E-state index contributed by atoms with van der Waals surface area (Å²) in [7, 11) is 0. The highest BCUT2D eigenvalue weighted by molar-refractivity contribution is 7.15. The summed E-state index contributed by atoms with van der Waals surface area (Å²) in [5.74, 6) is 0. The maximum Gasteiger partial charge on any atom is 0.443 e. The van der Waals surface area contributed by atoms with Gasteiger partial charge < -0.3 is 5.32 Å². The Hall–Kier alpha value is -1.11. The average molecular weight is 335 g/mol. The van der Waals surface area contributed by atoms with Crippen LogP contribution in [0, 0.1) is 0 Å². The molecule has 114 valence electrons. The third-order valence-corrected chi connectivity index (χ3v) is 4.28. The predicted molar refractivity (Wildman–Crippen MR) is 79.6 cm³/mol. The Morgan fingerprint density at radius 3 is 2.71 bits per heavy atom. The maximum absolute atomic E-state index is 12.6. The van der Waals surface area contributed by atoms with Crippen LogP contribution in [0.25, 0.3) is 10.4 Å². The van der Waals surface area contributed by atoms with Crippen molar-refractivity contribution in [3.8, 4) is 10.4 Å². The number of hydrogen-bond donors (Lipinski definition) is 1. The van der Waals surface area contributed by atoms with Gasteiger partial charge in [-0.3, -0.25) is 0 Å². The van der Waals surface area contributed by atoms with Crippen molar-refractivity contribution in [2.24, 2.45) is 0 Å². The van der Waals surface area contributed by atoms with Crippen molar-refractivity contribution in [3.63, 3.8) is 0 Å². The van der Waals surface area contributed by atoms with Crippen molar-refractivity contribution in [1.82, 2.24) is 10.3 Å². The van der Waals surface area contributed by atoms with Crippen LogP contribution in [-0.4, -0.2) is 11.5 Å². The highest BCUT2D eigenvalue weighted by atomic mass is 35.5. The van der Waals surface area contributed by atoms with E-state index in [2.05, 4.69) is 17.2 Å². The normalized spacial score (nSPS) is 11.9. The molecule has 1 aromatic carbocycles. The average Bonchev–Trinajstić information content (AvgIpc) is 2.91. The molecule has 0 aliphatic carbocycles. The van der Waals surface area contributed by atoms with Crippen LogP contribution in [0.2, 0.25) is 5.02 Å². The van der Waals surface area contributed by atoms with E-state index in [-0.39, 0.29) is 0 Å². The van der Waals surface area contributed by atoms with Crippen LogP contribution in [0.5, 0.6) is 0 Å². The smallest absolute Gasteiger partial charge is 0.313 e. The lowest BCUT2D eigenvalue weighted by Crippen LogP contribution is -2.14. The molecule has 0 atom stereocenters. The molecule has 2 aromatic rings. The Balaban J connectivity index is 2.24. The Bertz CT molecular complexity index is 611. The molecule has 2 nitrogen and oxygen atoms in total. The summed E-state index contributed by atoms with van der Waals surface area (Å²) in [6, 6.07) is 5.21. The van der Waals surface area contributed by atoms with E-state index in [1.54, 1.807) is 18.2 Å². The number of alkyl halides is 3. The van der Waals surface area contributed by atoms with Gasteiger partial charge in [-0.1, -0.05) is 24.6 Å². The topological polar surface area (TPSA) is 24.9 Å². The quantitative estimate of drug-likeness (QED) is 0.780. The Kier molecular flexibility index (Phi) is 5.24. The SMILES string of the molecule is CCCNCc1cc(-c2cnc(C(F)(F)F)s2)ccc1Cl. The third kappa shape index (κ3) is 4.18. The summed E-state index contributed by atoms with van der Waals surface area (Å²) >= 11 is 6.74. The zero-order valence-corrected chi connectivity index (χ0v) is 12.9. The highest BCUT2D eigenvalue weighted by Crippen LogP contribution is 2.37. The van der Waals surface area contributed by atoms with Crippen molar-refractivity contribution in [2.75, 3.05) is 6.54 Å². The van der Waals surface area contributed by atoms with Gasteiger partial charge in [0.2, 0.25) is 0 Å². The van der Waals surface area contributed by atoms with Gasteiger partial charge in [0.25, 0.3) is 0 Å². The van der Waals surface area contributed by atoms with E-state index in [1.807, 2.05) is 0 Å². The molecule has 0 aliphatic heterocycles. The van der Waals surface area contributed by atoms with Crippen LogP contribution in [0.1, 0.15) is 23.9 Å². The molecule has 0 spiro atoms. The van der Waals surface area contributed by atoms with Crippen LogP contribution >= 0.6 is 22.9 Å². The van der Waals surface area contributed by atoms with Crippen LogP contribution in [0.15, 0.2) is 24.4 Å². The second-order valence-corrected chi connectivity index (χ2v) is 5.95. The van der Waals surface area contributed by atoms with Crippen molar-refractivity contribution >= 4 is 22.9 Å². The summed E-state index contributed by atoms with van der Waals surface area (Å²) in [6.07, 6.45) is -2.15. The molecule has 0 fully saturated rings. The van der Waals surface area contributed by atoms with Gasteiger partial charge in [0.15, 0.2) is 5.01 Å². The Morgan fingerprint density at radius 2 is 2.10 bits per heavy atom. The number of benzene rings is 1. The first-order valence-corrected chi connectivity index (χ1v) is 7.63. The molecule has 2 rings (SSSR count). The fraction of sp³-hybridized carbons (Fsp3) is 0.357. The van der Waals surface area contributed by atoms with E-state index in [0.717, 1.165) is 18.5 Å². The molecular weight excluding hydrogens is 321 g/mol. The highest BCUT2D eigenvalue weighted by Gasteiger charge is 2.34. The van der Waals surface area contributed by atoms with E-state index in [9.17, 15) is 13.2 Å². The molecule has 0 bridgehead atoms. The van der Waals surface area contributed by atoms with E-state index < -0.39 is 11.2 Å². The van der Waals surface area contributed by atoms with Gasteiger partial charge in [-0.05, 0) is 36.2 Å². The van der Waals surface area contributed by atoms with E-state index >= 15 is 0 Å². The van der Waals surface area contributed by atoms with Gasteiger partial charge in [-0.15, -0.1) is 11.3 Å². The van der Waals surface area contributed by atoms with Crippen LogP contribution in [0.3, 0.4) is 0 Å². The maximum atomic E-state index is 12.6. The van der Waals surface area contributed by atoms with Crippen molar-refractivity contribution in [2.45, 2.75) is 26.1 Å². The lowest BCUT2D eigenvalue weighted by molar-refractivity contribution is -0.137. The fourth-order valence-corrected chi connectivity index (χ4v) is 2.77. The minimum Gasteiger partial charge on any atom is -0.313 e. The van der Waals surface area contributed by atoms with Gasteiger partial charge >= 0.3 is 6.18 Å². The molecule has 0 unspecified atom stereocenters. The number of halogens is 4. The summed E-state index contributed by atoms with van der Waals surface area (Å²) in [4.78, 5) is 3.92. The van der Waals surface area contributed by atoms with Gasteiger partial charge in [-0.2, -0.15) is 13.2 Å². The van der Waals surface area contributed by atoms with Gasteiger partial charge in [0.05, 0.1) is 4.88 Å². The summed E-state index contributed by atoms with van der Waals surface area (Å²) < 4.78 is 37.7.